The van der Waals surface area contributed by atoms with Crippen LogP contribution in [0.4, 0.5) is 9.18 Å². The zero-order valence-corrected chi connectivity index (χ0v) is 22.5. The summed E-state index contributed by atoms with van der Waals surface area (Å²) in [5.74, 6) is -1.09. The maximum absolute atomic E-state index is 14.0. The highest BCUT2D eigenvalue weighted by Gasteiger charge is 2.35. The first-order chi connectivity index (χ1) is 18.2. The van der Waals surface area contributed by atoms with Crippen molar-refractivity contribution in [3.05, 3.63) is 86.1 Å². The molecule has 3 aromatic rings. The predicted octanol–water partition coefficient (Wildman–Crippen LogP) is 5.69. The quantitative estimate of drug-likeness (QED) is 0.189. The number of rotatable bonds is 9. The van der Waals surface area contributed by atoms with E-state index in [4.69, 9.17) is 25.5 Å². The number of carbonyl (C=O) groups is 3. The van der Waals surface area contributed by atoms with Crippen molar-refractivity contribution in [1.82, 2.24) is 10.2 Å². The molecule has 2 heterocycles. The van der Waals surface area contributed by atoms with Crippen LogP contribution >= 0.6 is 27.5 Å². The van der Waals surface area contributed by atoms with E-state index in [2.05, 4.69) is 26.0 Å². The SMILES string of the molecule is CCOc1cc(/C=C2\NC(=O)N(Cc3ccc(C(=O)OC)o3)C2=O)c(Br)c(Cl)c1OCc1ccccc1F. The molecule has 0 spiro atoms. The number of amides is 3. The van der Waals surface area contributed by atoms with Crippen LogP contribution in [0, 0.1) is 5.82 Å². The van der Waals surface area contributed by atoms with E-state index in [1.54, 1.807) is 31.2 Å². The van der Waals surface area contributed by atoms with E-state index in [9.17, 15) is 18.8 Å². The van der Waals surface area contributed by atoms with Crippen LogP contribution in [0.25, 0.3) is 6.08 Å². The van der Waals surface area contributed by atoms with E-state index in [1.807, 2.05) is 0 Å². The van der Waals surface area contributed by atoms with Crippen LogP contribution in [0.2, 0.25) is 5.02 Å². The van der Waals surface area contributed by atoms with E-state index in [-0.39, 0.29) is 53.5 Å². The molecular weight excluding hydrogens is 587 g/mol. The Labute approximate surface area is 230 Å². The standard InChI is InChI=1S/C26H21BrClFN2O7/c1-3-36-20-11-15(21(27)22(28)23(20)37-13-14-6-4-5-7-17(14)29)10-18-24(32)31(26(34)30-18)12-16-8-9-19(38-16)25(33)35-2/h4-11H,3,12-13H2,1-2H3,(H,30,34)/b18-10-. The Morgan fingerprint density at radius 1 is 1.21 bits per heavy atom. The lowest BCUT2D eigenvalue weighted by Gasteiger charge is -2.16. The zero-order chi connectivity index (χ0) is 27.4. The fraction of sp³-hybridized carbons (Fsp3) is 0.192. The van der Waals surface area contributed by atoms with E-state index < -0.39 is 23.7 Å². The minimum atomic E-state index is -0.679. The van der Waals surface area contributed by atoms with Crippen molar-refractivity contribution in [2.75, 3.05) is 13.7 Å². The van der Waals surface area contributed by atoms with Crippen molar-refractivity contribution in [3.63, 3.8) is 0 Å². The molecule has 9 nitrogen and oxygen atoms in total. The Bertz CT molecular complexity index is 1440. The predicted molar refractivity (Wildman–Crippen MR) is 138 cm³/mol. The second-order valence-corrected chi connectivity index (χ2v) is 9.04. The first kappa shape index (κ1) is 27.2. The van der Waals surface area contributed by atoms with Gasteiger partial charge in [0.2, 0.25) is 5.76 Å². The molecule has 1 fully saturated rings. The average molecular weight is 608 g/mol. The van der Waals surface area contributed by atoms with Crippen molar-refractivity contribution in [3.8, 4) is 11.5 Å². The van der Waals surface area contributed by atoms with Crippen molar-refractivity contribution < 1.29 is 37.4 Å². The topological polar surface area (TPSA) is 107 Å². The van der Waals surface area contributed by atoms with Gasteiger partial charge in [0.05, 0.1) is 20.3 Å². The number of methoxy groups -OCH3 is 1. The fourth-order valence-electron chi connectivity index (χ4n) is 3.57. The van der Waals surface area contributed by atoms with Crippen LogP contribution in [0.1, 0.15) is 34.4 Å². The first-order valence-electron chi connectivity index (χ1n) is 11.3. The molecule has 1 saturated heterocycles. The Morgan fingerprint density at radius 3 is 2.68 bits per heavy atom. The number of hydrogen-bond acceptors (Lipinski definition) is 7. The summed E-state index contributed by atoms with van der Waals surface area (Å²) in [4.78, 5) is 38.0. The van der Waals surface area contributed by atoms with Crippen molar-refractivity contribution in [1.29, 1.82) is 0 Å². The largest absolute Gasteiger partial charge is 0.490 e. The molecule has 0 aliphatic carbocycles. The highest BCUT2D eigenvalue weighted by molar-refractivity contribution is 9.10. The molecular formula is C26H21BrClFN2O7. The van der Waals surface area contributed by atoms with Crippen LogP contribution in [0.5, 0.6) is 11.5 Å². The van der Waals surface area contributed by atoms with Gasteiger partial charge in [0.1, 0.15) is 28.9 Å². The molecule has 3 amide bonds. The average Bonchev–Trinajstić information content (AvgIpc) is 3.48. The minimum Gasteiger partial charge on any atom is -0.490 e. The van der Waals surface area contributed by atoms with Crippen LogP contribution in [0.3, 0.4) is 0 Å². The lowest BCUT2D eigenvalue weighted by atomic mass is 10.1. The molecule has 0 bridgehead atoms. The van der Waals surface area contributed by atoms with E-state index in [0.717, 1.165) is 4.90 Å². The molecule has 38 heavy (non-hydrogen) atoms. The first-order valence-corrected chi connectivity index (χ1v) is 12.4. The van der Waals surface area contributed by atoms with Crippen LogP contribution in [-0.2, 0) is 22.7 Å². The molecule has 4 rings (SSSR count). The van der Waals surface area contributed by atoms with E-state index in [0.29, 0.717) is 15.6 Å². The maximum atomic E-state index is 14.0. The number of hydrogen-bond donors (Lipinski definition) is 1. The third kappa shape index (κ3) is 5.68. The number of furan rings is 1. The minimum absolute atomic E-state index is 0.0195. The van der Waals surface area contributed by atoms with Crippen LogP contribution in [0.15, 0.2) is 57.1 Å². The van der Waals surface area contributed by atoms with Gasteiger partial charge >= 0.3 is 12.0 Å². The summed E-state index contributed by atoms with van der Waals surface area (Å²) in [6, 6.07) is 9.97. The van der Waals surface area contributed by atoms with Gasteiger partial charge in [-0.3, -0.25) is 9.69 Å². The van der Waals surface area contributed by atoms with Crippen LogP contribution < -0.4 is 14.8 Å². The smallest absolute Gasteiger partial charge is 0.373 e. The van der Waals surface area contributed by atoms with Gasteiger partial charge in [0, 0.05) is 10.0 Å². The van der Waals surface area contributed by atoms with Crippen LogP contribution in [-0.4, -0.2) is 36.5 Å². The monoisotopic (exact) mass is 606 g/mol. The summed E-state index contributed by atoms with van der Waals surface area (Å²) < 4.78 is 35.9. The Hall–Kier alpha value is -3.83. The maximum Gasteiger partial charge on any atom is 0.373 e. The second kappa shape index (κ2) is 11.7. The Morgan fingerprint density at radius 2 is 1.97 bits per heavy atom. The molecule has 1 aromatic heterocycles. The molecule has 2 aromatic carbocycles. The molecule has 0 radical (unpaired) electrons. The molecule has 12 heteroatoms. The van der Waals surface area contributed by atoms with Gasteiger partial charge in [0.25, 0.3) is 5.91 Å². The summed E-state index contributed by atoms with van der Waals surface area (Å²) in [7, 11) is 1.21. The number of halogens is 3. The number of nitrogens with one attached hydrogen (secondary N) is 1. The molecule has 0 atom stereocenters. The number of esters is 1. The number of urea groups is 1. The molecule has 198 valence electrons. The fourth-order valence-corrected chi connectivity index (χ4v) is 4.24. The van der Waals surface area contributed by atoms with E-state index >= 15 is 0 Å². The number of nitrogens with zero attached hydrogens (tertiary/aromatic N) is 1. The summed E-state index contributed by atoms with van der Waals surface area (Å²) in [6.45, 7) is 1.76. The van der Waals surface area contributed by atoms with Gasteiger partial charge in [-0.2, -0.15) is 0 Å². The molecule has 1 aliphatic heterocycles. The number of imide groups is 1. The van der Waals surface area contributed by atoms with Crippen molar-refractivity contribution in [2.45, 2.75) is 20.1 Å². The van der Waals surface area contributed by atoms with Crippen molar-refractivity contribution >= 4 is 51.5 Å². The Balaban J connectivity index is 1.58. The number of ether oxygens (including phenoxy) is 3. The zero-order valence-electron chi connectivity index (χ0n) is 20.2. The Kier molecular flexibility index (Phi) is 8.38. The van der Waals surface area contributed by atoms with Gasteiger partial charge in [-0.15, -0.1) is 0 Å². The number of carbonyl (C=O) groups excluding carboxylic acids is 3. The van der Waals surface area contributed by atoms with Gasteiger partial charge in [-0.05, 0) is 58.8 Å². The molecule has 0 saturated carbocycles. The number of benzene rings is 2. The molecule has 0 unspecified atom stereocenters. The van der Waals surface area contributed by atoms with Crippen molar-refractivity contribution in [2.24, 2.45) is 0 Å². The third-order valence-corrected chi connectivity index (χ3v) is 6.85. The summed E-state index contributed by atoms with van der Waals surface area (Å²) in [5.41, 5.74) is 0.741. The molecule has 1 N–H and O–H groups in total. The summed E-state index contributed by atoms with van der Waals surface area (Å²) in [5, 5.41) is 2.65. The van der Waals surface area contributed by atoms with Gasteiger partial charge < -0.3 is 23.9 Å². The lowest BCUT2D eigenvalue weighted by Crippen LogP contribution is -2.30. The summed E-state index contributed by atoms with van der Waals surface area (Å²) >= 11 is 9.97. The highest BCUT2D eigenvalue weighted by Crippen LogP contribution is 2.44. The van der Waals surface area contributed by atoms with E-state index in [1.165, 1.54) is 31.4 Å². The van der Waals surface area contributed by atoms with Gasteiger partial charge in [-0.25, -0.2) is 14.0 Å². The summed E-state index contributed by atoms with van der Waals surface area (Å²) in [6.07, 6.45) is 1.43. The second-order valence-electron chi connectivity index (χ2n) is 7.87. The third-order valence-electron chi connectivity index (χ3n) is 5.41. The molecule has 1 aliphatic rings. The van der Waals surface area contributed by atoms with Gasteiger partial charge in [-0.1, -0.05) is 29.8 Å². The highest BCUT2D eigenvalue weighted by atomic mass is 79.9. The lowest BCUT2D eigenvalue weighted by molar-refractivity contribution is -0.123. The normalized spacial score (nSPS) is 14.1. The van der Waals surface area contributed by atoms with Gasteiger partial charge in [0.15, 0.2) is 11.5 Å².